The van der Waals surface area contributed by atoms with Gasteiger partial charge in [-0.3, -0.25) is 4.79 Å². The highest BCUT2D eigenvalue weighted by molar-refractivity contribution is 6.01. The van der Waals surface area contributed by atoms with Gasteiger partial charge in [-0.1, -0.05) is 20.8 Å². The van der Waals surface area contributed by atoms with Crippen LogP contribution in [0.5, 0.6) is 0 Å². The van der Waals surface area contributed by atoms with Crippen molar-refractivity contribution in [2.45, 2.75) is 20.8 Å². The molecule has 0 radical (unpaired) electrons. The van der Waals surface area contributed by atoms with Gasteiger partial charge in [0.2, 0.25) is 0 Å². The van der Waals surface area contributed by atoms with Crippen LogP contribution in [0.4, 0.5) is 0 Å². The second-order valence-corrected chi connectivity index (χ2v) is 4.55. The number of Topliss-reactive ketones (excluding diaryl/α,β-unsaturated/α-hetero) is 1. The van der Waals surface area contributed by atoms with Crippen LogP contribution in [-0.4, -0.2) is 16.1 Å². The second kappa shape index (κ2) is 3.15. The summed E-state index contributed by atoms with van der Waals surface area (Å²) in [6.45, 7) is 5.67. The number of aromatic nitrogens is 2. The molecular weight excluding hydrogens is 192 g/mol. The first-order valence-electron chi connectivity index (χ1n) is 4.75. The fourth-order valence-corrected chi connectivity index (χ4v) is 1.36. The van der Waals surface area contributed by atoms with Gasteiger partial charge in [-0.05, 0) is 28.5 Å². The Balaban J connectivity index is 2.49. The van der Waals surface area contributed by atoms with E-state index in [9.17, 15) is 4.79 Å². The highest BCUT2D eigenvalue weighted by Crippen LogP contribution is 2.22. The van der Waals surface area contributed by atoms with E-state index in [1.54, 1.807) is 18.2 Å². The van der Waals surface area contributed by atoms with Gasteiger partial charge in [0.1, 0.15) is 11.0 Å². The summed E-state index contributed by atoms with van der Waals surface area (Å²) in [5.41, 5.74) is 1.54. The fourth-order valence-electron chi connectivity index (χ4n) is 1.36. The van der Waals surface area contributed by atoms with Crippen LogP contribution < -0.4 is 0 Å². The van der Waals surface area contributed by atoms with Gasteiger partial charge in [0, 0.05) is 11.0 Å². The maximum atomic E-state index is 12.0. The molecule has 0 N–H and O–H groups in total. The molecule has 0 amide bonds. The van der Waals surface area contributed by atoms with Gasteiger partial charge in [-0.2, -0.15) is 0 Å². The Morgan fingerprint density at radius 3 is 2.53 bits per heavy atom. The van der Waals surface area contributed by atoms with E-state index >= 15 is 0 Å². The van der Waals surface area contributed by atoms with E-state index in [-0.39, 0.29) is 11.2 Å². The molecule has 1 aromatic carbocycles. The lowest BCUT2D eigenvalue weighted by Crippen LogP contribution is -2.19. The molecule has 0 spiro atoms. The van der Waals surface area contributed by atoms with Gasteiger partial charge in [0.05, 0.1) is 0 Å². The zero-order chi connectivity index (χ0) is 11.1. The van der Waals surface area contributed by atoms with Gasteiger partial charge in [-0.15, -0.1) is 0 Å². The minimum Gasteiger partial charge on any atom is -0.294 e. The van der Waals surface area contributed by atoms with Crippen molar-refractivity contribution in [3.63, 3.8) is 0 Å². The third-order valence-corrected chi connectivity index (χ3v) is 2.20. The summed E-state index contributed by atoms with van der Waals surface area (Å²) in [6.07, 6.45) is 0. The van der Waals surface area contributed by atoms with Crippen molar-refractivity contribution in [1.82, 2.24) is 10.3 Å². The van der Waals surface area contributed by atoms with E-state index < -0.39 is 0 Å². The fraction of sp³-hybridized carbons (Fsp3) is 0.364. The Kier molecular flexibility index (Phi) is 2.07. The van der Waals surface area contributed by atoms with E-state index in [4.69, 9.17) is 0 Å². The first-order valence-corrected chi connectivity index (χ1v) is 4.75. The van der Waals surface area contributed by atoms with Crippen molar-refractivity contribution in [3.05, 3.63) is 23.8 Å². The van der Waals surface area contributed by atoms with Crippen LogP contribution in [0.15, 0.2) is 22.8 Å². The minimum absolute atomic E-state index is 0.0902. The zero-order valence-electron chi connectivity index (χ0n) is 8.94. The summed E-state index contributed by atoms with van der Waals surface area (Å²) in [7, 11) is 0. The molecule has 2 rings (SSSR count). The number of hydrogen-bond donors (Lipinski definition) is 0. The smallest absolute Gasteiger partial charge is 0.168 e. The van der Waals surface area contributed by atoms with Gasteiger partial charge in [0.25, 0.3) is 0 Å². The molecule has 4 nitrogen and oxygen atoms in total. The molecule has 0 aliphatic carbocycles. The number of nitrogens with zero attached hydrogens (tertiary/aromatic N) is 2. The normalized spacial score (nSPS) is 11.9. The van der Waals surface area contributed by atoms with Crippen LogP contribution >= 0.6 is 0 Å². The third-order valence-electron chi connectivity index (χ3n) is 2.20. The Hall–Kier alpha value is -1.71. The molecule has 2 aromatic rings. The lowest BCUT2D eigenvalue weighted by molar-refractivity contribution is 0.0858. The molecule has 0 aliphatic heterocycles. The molecule has 1 heterocycles. The van der Waals surface area contributed by atoms with Crippen LogP contribution in [0.25, 0.3) is 11.0 Å². The molecular formula is C11H12N2O2. The number of hydrogen-bond acceptors (Lipinski definition) is 4. The Morgan fingerprint density at radius 2 is 1.87 bits per heavy atom. The summed E-state index contributed by atoms with van der Waals surface area (Å²) < 4.78 is 4.57. The molecule has 0 saturated heterocycles. The Morgan fingerprint density at radius 1 is 1.20 bits per heavy atom. The van der Waals surface area contributed by atoms with Gasteiger partial charge in [-0.25, -0.2) is 4.63 Å². The predicted octanol–water partition coefficient (Wildman–Crippen LogP) is 2.45. The summed E-state index contributed by atoms with van der Waals surface area (Å²) in [6, 6.07) is 5.20. The average molecular weight is 204 g/mol. The average Bonchev–Trinajstić information content (AvgIpc) is 2.61. The number of carbonyl (C=O) groups excluding carboxylic acids is 1. The predicted molar refractivity (Wildman–Crippen MR) is 55.6 cm³/mol. The molecule has 0 aliphatic rings. The van der Waals surface area contributed by atoms with E-state index in [0.29, 0.717) is 16.6 Å². The highest BCUT2D eigenvalue weighted by Gasteiger charge is 2.23. The largest absolute Gasteiger partial charge is 0.294 e. The number of carbonyl (C=O) groups is 1. The van der Waals surface area contributed by atoms with Crippen molar-refractivity contribution in [1.29, 1.82) is 0 Å². The molecule has 4 heteroatoms. The molecule has 0 unspecified atom stereocenters. The van der Waals surface area contributed by atoms with Crippen molar-refractivity contribution >= 4 is 16.8 Å². The van der Waals surface area contributed by atoms with Crippen molar-refractivity contribution in [3.8, 4) is 0 Å². The number of ketones is 1. The Bertz CT molecular complexity index is 509. The lowest BCUT2D eigenvalue weighted by Gasteiger charge is -2.16. The van der Waals surface area contributed by atoms with Crippen molar-refractivity contribution < 1.29 is 9.42 Å². The zero-order valence-corrected chi connectivity index (χ0v) is 8.94. The molecule has 0 atom stereocenters. The summed E-state index contributed by atoms with van der Waals surface area (Å²) >= 11 is 0. The maximum absolute atomic E-state index is 12.0. The number of rotatable bonds is 1. The van der Waals surface area contributed by atoms with Crippen LogP contribution in [0.1, 0.15) is 31.1 Å². The van der Waals surface area contributed by atoms with E-state index in [2.05, 4.69) is 14.9 Å². The van der Waals surface area contributed by atoms with Crippen molar-refractivity contribution in [2.75, 3.05) is 0 Å². The Labute approximate surface area is 87.2 Å². The van der Waals surface area contributed by atoms with Crippen LogP contribution in [0, 0.1) is 5.41 Å². The molecule has 78 valence electrons. The van der Waals surface area contributed by atoms with E-state index in [0.717, 1.165) is 0 Å². The highest BCUT2D eigenvalue weighted by atomic mass is 16.6. The van der Waals surface area contributed by atoms with E-state index in [1.165, 1.54) is 0 Å². The van der Waals surface area contributed by atoms with Crippen LogP contribution in [0.2, 0.25) is 0 Å². The SMILES string of the molecule is CC(C)(C)C(=O)c1ccc2nonc2c1. The lowest BCUT2D eigenvalue weighted by atomic mass is 9.86. The summed E-state index contributed by atoms with van der Waals surface area (Å²) in [5, 5.41) is 7.39. The van der Waals surface area contributed by atoms with Crippen LogP contribution in [-0.2, 0) is 0 Å². The molecule has 0 bridgehead atoms. The standard InChI is InChI=1S/C11H12N2O2/c1-11(2,3)10(14)7-4-5-8-9(6-7)13-15-12-8/h4-6H,1-3H3. The third kappa shape index (κ3) is 1.75. The molecule has 0 fully saturated rings. The minimum atomic E-state index is -0.384. The summed E-state index contributed by atoms with van der Waals surface area (Å²) in [5.74, 6) is 0.0902. The van der Waals surface area contributed by atoms with Crippen LogP contribution in [0.3, 0.4) is 0 Å². The quantitative estimate of drug-likeness (QED) is 0.669. The molecule has 0 saturated carbocycles. The number of benzene rings is 1. The molecule has 15 heavy (non-hydrogen) atoms. The summed E-state index contributed by atoms with van der Waals surface area (Å²) in [4.78, 5) is 12.0. The number of fused-ring (bicyclic) bond motifs is 1. The van der Waals surface area contributed by atoms with Crippen molar-refractivity contribution in [2.24, 2.45) is 5.41 Å². The van der Waals surface area contributed by atoms with Gasteiger partial charge >= 0.3 is 0 Å². The molecule has 1 aromatic heterocycles. The first-order chi connectivity index (χ1) is 6.98. The van der Waals surface area contributed by atoms with E-state index in [1.807, 2.05) is 20.8 Å². The monoisotopic (exact) mass is 204 g/mol. The van der Waals surface area contributed by atoms with Gasteiger partial charge in [0.15, 0.2) is 5.78 Å². The maximum Gasteiger partial charge on any atom is 0.168 e. The topological polar surface area (TPSA) is 56.0 Å². The van der Waals surface area contributed by atoms with Gasteiger partial charge < -0.3 is 0 Å². The second-order valence-electron chi connectivity index (χ2n) is 4.55. The first kappa shape index (κ1) is 9.83.